The van der Waals surface area contributed by atoms with Gasteiger partial charge in [-0.15, -0.1) is 22.7 Å². The molecule has 2 aromatic heterocycles. The zero-order valence-electron chi connectivity index (χ0n) is 11.5. The van der Waals surface area contributed by atoms with Gasteiger partial charge in [-0.25, -0.2) is 13.4 Å². The van der Waals surface area contributed by atoms with Crippen molar-refractivity contribution in [2.24, 2.45) is 0 Å². The summed E-state index contributed by atoms with van der Waals surface area (Å²) >= 11 is 2.61. The zero-order valence-corrected chi connectivity index (χ0v) is 13.9. The van der Waals surface area contributed by atoms with Gasteiger partial charge in [0.25, 0.3) is 10.0 Å². The summed E-state index contributed by atoms with van der Waals surface area (Å²) in [5, 5.41) is 11.9. The first-order valence-corrected chi connectivity index (χ1v) is 9.05. The molecule has 0 saturated carbocycles. The Bertz CT molecular complexity index is 703. The summed E-state index contributed by atoms with van der Waals surface area (Å²) in [6, 6.07) is 1.61. The zero-order chi connectivity index (χ0) is 14.9. The number of nitrogens with zero attached hydrogens (tertiary/aromatic N) is 2. The summed E-state index contributed by atoms with van der Waals surface area (Å²) in [6.07, 6.45) is 0. The molecule has 0 fully saturated rings. The van der Waals surface area contributed by atoms with Crippen LogP contribution >= 0.6 is 22.7 Å². The average Bonchev–Trinajstić information content (AvgIpc) is 2.95. The minimum Gasteiger partial charge on any atom is -0.391 e. The Morgan fingerprint density at radius 3 is 2.60 bits per heavy atom. The average molecular weight is 332 g/mol. The molecule has 0 aliphatic rings. The van der Waals surface area contributed by atoms with Gasteiger partial charge in [-0.2, -0.15) is 4.31 Å². The highest BCUT2D eigenvalue weighted by Crippen LogP contribution is 2.28. The van der Waals surface area contributed by atoms with E-state index >= 15 is 0 Å². The maximum absolute atomic E-state index is 12.5. The van der Waals surface area contributed by atoms with Crippen molar-refractivity contribution >= 4 is 32.7 Å². The van der Waals surface area contributed by atoms with E-state index in [1.165, 1.54) is 22.7 Å². The van der Waals surface area contributed by atoms with Crippen molar-refractivity contribution in [2.75, 3.05) is 7.05 Å². The molecule has 2 aromatic rings. The summed E-state index contributed by atoms with van der Waals surface area (Å²) < 4.78 is 26.5. The van der Waals surface area contributed by atoms with Gasteiger partial charge in [0.2, 0.25) is 0 Å². The van der Waals surface area contributed by atoms with Crippen LogP contribution in [0, 0.1) is 13.8 Å². The molecule has 0 aliphatic carbocycles. The highest BCUT2D eigenvalue weighted by molar-refractivity contribution is 7.91. The predicted octanol–water partition coefficient (Wildman–Crippen LogP) is 2.13. The van der Waals surface area contributed by atoms with Gasteiger partial charge < -0.3 is 5.11 Å². The van der Waals surface area contributed by atoms with Crippen molar-refractivity contribution in [2.45, 2.75) is 31.2 Å². The van der Waals surface area contributed by atoms with Crippen LogP contribution in [0.5, 0.6) is 0 Å². The molecule has 0 spiro atoms. The minimum atomic E-state index is -3.53. The van der Waals surface area contributed by atoms with Gasteiger partial charge in [-0.1, -0.05) is 0 Å². The fraction of sp³-hybridized carbons (Fsp3) is 0.417. The van der Waals surface area contributed by atoms with Gasteiger partial charge in [0.1, 0.15) is 4.21 Å². The van der Waals surface area contributed by atoms with E-state index in [4.69, 9.17) is 5.11 Å². The third kappa shape index (κ3) is 3.09. The molecule has 2 rings (SSSR count). The molecule has 0 unspecified atom stereocenters. The van der Waals surface area contributed by atoms with Crippen molar-refractivity contribution in [3.05, 3.63) is 32.6 Å². The number of aryl methyl sites for hydroxylation is 2. The van der Waals surface area contributed by atoms with Gasteiger partial charge in [0.05, 0.1) is 23.9 Å². The van der Waals surface area contributed by atoms with E-state index in [1.807, 2.05) is 12.3 Å². The molecule has 0 aliphatic heterocycles. The van der Waals surface area contributed by atoms with Gasteiger partial charge in [0.15, 0.2) is 0 Å². The molecule has 0 saturated heterocycles. The second kappa shape index (κ2) is 5.90. The van der Waals surface area contributed by atoms with E-state index in [0.717, 1.165) is 27.6 Å². The van der Waals surface area contributed by atoms with Crippen LogP contribution in [0.15, 0.2) is 15.7 Å². The van der Waals surface area contributed by atoms with Crippen LogP contribution in [0.3, 0.4) is 0 Å². The lowest BCUT2D eigenvalue weighted by Crippen LogP contribution is -2.26. The first kappa shape index (κ1) is 15.6. The predicted molar refractivity (Wildman–Crippen MR) is 80.5 cm³/mol. The van der Waals surface area contributed by atoms with Crippen LogP contribution in [0.2, 0.25) is 0 Å². The van der Waals surface area contributed by atoms with Crippen LogP contribution in [-0.4, -0.2) is 29.9 Å². The lowest BCUT2D eigenvalue weighted by molar-refractivity contribution is 0.285. The van der Waals surface area contributed by atoms with E-state index in [2.05, 4.69) is 4.98 Å². The summed E-state index contributed by atoms with van der Waals surface area (Å²) in [4.78, 5) is 4.95. The monoisotopic (exact) mass is 332 g/mol. The summed E-state index contributed by atoms with van der Waals surface area (Å²) in [5.74, 6) is 0. The van der Waals surface area contributed by atoms with Crippen molar-refractivity contribution < 1.29 is 13.5 Å². The maximum atomic E-state index is 12.5. The topological polar surface area (TPSA) is 70.5 Å². The number of hydrogen-bond donors (Lipinski definition) is 1. The Balaban J connectivity index is 2.24. The third-order valence-corrected chi connectivity index (χ3v) is 7.15. The van der Waals surface area contributed by atoms with E-state index in [9.17, 15) is 8.42 Å². The first-order chi connectivity index (χ1) is 9.34. The fourth-order valence-corrected chi connectivity index (χ4v) is 5.13. The Morgan fingerprint density at radius 1 is 1.40 bits per heavy atom. The molecular formula is C12H16N2O3S3. The van der Waals surface area contributed by atoms with Crippen molar-refractivity contribution in [3.63, 3.8) is 0 Å². The molecule has 0 atom stereocenters. The molecule has 5 nitrogen and oxygen atoms in total. The summed E-state index contributed by atoms with van der Waals surface area (Å²) in [6.45, 7) is 3.79. The first-order valence-electron chi connectivity index (χ1n) is 5.92. The van der Waals surface area contributed by atoms with Crippen molar-refractivity contribution in [1.29, 1.82) is 0 Å². The molecule has 2 heterocycles. The van der Waals surface area contributed by atoms with E-state index in [1.54, 1.807) is 13.0 Å². The summed E-state index contributed by atoms with van der Waals surface area (Å²) in [5.41, 5.74) is 1.54. The quantitative estimate of drug-likeness (QED) is 0.910. The number of sulfonamides is 1. The Kier molecular flexibility index (Phi) is 4.60. The maximum Gasteiger partial charge on any atom is 0.252 e. The number of aliphatic hydroxyl groups is 1. The van der Waals surface area contributed by atoms with Crippen LogP contribution < -0.4 is 0 Å². The molecule has 20 heavy (non-hydrogen) atoms. The number of aliphatic hydroxyl groups excluding tert-OH is 1. The Labute approximate surface area is 126 Å². The number of rotatable bonds is 5. The summed E-state index contributed by atoms with van der Waals surface area (Å²) in [7, 11) is -1.99. The molecule has 8 heteroatoms. The Hall–Kier alpha value is -0.800. The smallest absolute Gasteiger partial charge is 0.252 e. The van der Waals surface area contributed by atoms with Gasteiger partial charge >= 0.3 is 0 Å². The number of thiazole rings is 1. The highest BCUT2D eigenvalue weighted by atomic mass is 32.2. The second-order valence-corrected chi connectivity index (χ2v) is 8.92. The molecule has 1 N–H and O–H groups in total. The van der Waals surface area contributed by atoms with Gasteiger partial charge in [-0.05, 0) is 25.5 Å². The normalized spacial score (nSPS) is 12.2. The lowest BCUT2D eigenvalue weighted by atomic mass is 10.3. The van der Waals surface area contributed by atoms with E-state index in [-0.39, 0.29) is 17.4 Å². The second-order valence-electron chi connectivity index (χ2n) is 4.45. The Morgan fingerprint density at radius 2 is 2.10 bits per heavy atom. The minimum absolute atomic E-state index is 0.138. The standard InChI is InChI=1S/C12H16N2O3S3/c1-8-4-12(19-11(8)6-15)20(16,17)14(3)5-10-7-18-9(2)13-10/h4,7,15H,5-6H2,1-3H3. The molecular weight excluding hydrogens is 316 g/mol. The van der Waals surface area contributed by atoms with E-state index < -0.39 is 10.0 Å². The van der Waals surface area contributed by atoms with Crippen molar-refractivity contribution in [3.8, 4) is 0 Å². The van der Waals surface area contributed by atoms with Crippen LogP contribution in [0.25, 0.3) is 0 Å². The van der Waals surface area contributed by atoms with E-state index in [0.29, 0.717) is 4.88 Å². The van der Waals surface area contributed by atoms with Crippen LogP contribution in [0.4, 0.5) is 0 Å². The highest BCUT2D eigenvalue weighted by Gasteiger charge is 2.24. The van der Waals surface area contributed by atoms with Gasteiger partial charge in [0, 0.05) is 17.3 Å². The number of aromatic nitrogens is 1. The van der Waals surface area contributed by atoms with Crippen LogP contribution in [0.1, 0.15) is 21.1 Å². The fourth-order valence-electron chi connectivity index (χ4n) is 1.72. The third-order valence-electron chi connectivity index (χ3n) is 2.86. The molecule has 0 aromatic carbocycles. The molecule has 110 valence electrons. The lowest BCUT2D eigenvalue weighted by Gasteiger charge is -2.14. The SMILES string of the molecule is Cc1nc(CN(C)S(=O)(=O)c2cc(C)c(CO)s2)cs1. The van der Waals surface area contributed by atoms with Crippen molar-refractivity contribution in [1.82, 2.24) is 9.29 Å². The number of thiophene rings is 1. The van der Waals surface area contributed by atoms with Gasteiger partial charge in [-0.3, -0.25) is 0 Å². The molecule has 0 bridgehead atoms. The molecule has 0 amide bonds. The largest absolute Gasteiger partial charge is 0.391 e. The molecule has 0 radical (unpaired) electrons. The van der Waals surface area contributed by atoms with Crippen LogP contribution in [-0.2, 0) is 23.2 Å². The number of hydrogen-bond acceptors (Lipinski definition) is 6.